The number of nitrogens with zero attached hydrogens (tertiary/aromatic N) is 3. The lowest BCUT2D eigenvalue weighted by Crippen LogP contribution is -2.27. The molecule has 2 heterocycles. The van der Waals surface area contributed by atoms with Crippen LogP contribution in [0.15, 0.2) is 12.4 Å². The molecule has 2 N–H and O–H groups in total. The van der Waals surface area contributed by atoms with Crippen molar-refractivity contribution in [2.75, 3.05) is 25.1 Å². The molecule has 0 spiro atoms. The second-order valence-corrected chi connectivity index (χ2v) is 4.01. The van der Waals surface area contributed by atoms with Gasteiger partial charge in [0.05, 0.1) is 24.1 Å². The van der Waals surface area contributed by atoms with E-state index in [9.17, 15) is 0 Å². The van der Waals surface area contributed by atoms with Crippen LogP contribution in [-0.4, -0.2) is 45.8 Å². The van der Waals surface area contributed by atoms with Crippen LogP contribution in [0.5, 0.6) is 0 Å². The Labute approximate surface area is 93.1 Å². The molecule has 0 saturated carbocycles. The van der Waals surface area contributed by atoms with Crippen molar-refractivity contribution >= 4 is 17.5 Å². The van der Waals surface area contributed by atoms with E-state index >= 15 is 0 Å². The van der Waals surface area contributed by atoms with Gasteiger partial charge in [-0.1, -0.05) is 11.6 Å². The SMILES string of the molecule is OCN1CC[C@@H](Nc2ncc(Cl)cn2)C1. The maximum Gasteiger partial charge on any atom is 0.222 e. The first-order chi connectivity index (χ1) is 7.28. The highest BCUT2D eigenvalue weighted by molar-refractivity contribution is 6.30. The second kappa shape index (κ2) is 4.74. The standard InChI is InChI=1S/C9H13ClN4O/c10-7-3-11-9(12-4-7)13-8-1-2-14(5-8)6-15/h3-4,8,15H,1-2,5-6H2,(H,11,12,13)/t8-/m1/s1. The summed E-state index contributed by atoms with van der Waals surface area (Å²) >= 11 is 5.68. The Morgan fingerprint density at radius 1 is 1.53 bits per heavy atom. The highest BCUT2D eigenvalue weighted by Crippen LogP contribution is 2.13. The second-order valence-electron chi connectivity index (χ2n) is 3.57. The van der Waals surface area contributed by atoms with E-state index in [4.69, 9.17) is 16.7 Å². The molecule has 0 amide bonds. The van der Waals surface area contributed by atoms with Gasteiger partial charge in [-0.25, -0.2) is 9.97 Å². The maximum absolute atomic E-state index is 8.94. The minimum Gasteiger partial charge on any atom is -0.381 e. The summed E-state index contributed by atoms with van der Waals surface area (Å²) in [5, 5.41) is 12.7. The molecule has 1 aromatic rings. The van der Waals surface area contributed by atoms with E-state index < -0.39 is 0 Å². The summed E-state index contributed by atoms with van der Waals surface area (Å²) in [6.45, 7) is 1.84. The zero-order valence-electron chi connectivity index (χ0n) is 8.23. The molecule has 15 heavy (non-hydrogen) atoms. The number of likely N-dealkylation sites (tertiary alicyclic amines) is 1. The molecule has 5 nitrogen and oxygen atoms in total. The predicted molar refractivity (Wildman–Crippen MR) is 57.7 cm³/mol. The molecule has 6 heteroatoms. The molecule has 1 aliphatic heterocycles. The van der Waals surface area contributed by atoms with Crippen molar-refractivity contribution in [3.63, 3.8) is 0 Å². The van der Waals surface area contributed by atoms with Crippen LogP contribution in [0.25, 0.3) is 0 Å². The van der Waals surface area contributed by atoms with E-state index in [1.807, 2.05) is 4.90 Å². The van der Waals surface area contributed by atoms with E-state index in [2.05, 4.69) is 15.3 Å². The van der Waals surface area contributed by atoms with E-state index in [-0.39, 0.29) is 6.73 Å². The average molecular weight is 229 g/mol. The van der Waals surface area contributed by atoms with Crippen LogP contribution in [0.4, 0.5) is 5.95 Å². The van der Waals surface area contributed by atoms with Gasteiger partial charge >= 0.3 is 0 Å². The fourth-order valence-electron chi connectivity index (χ4n) is 1.65. The van der Waals surface area contributed by atoms with Crippen molar-refractivity contribution in [2.45, 2.75) is 12.5 Å². The van der Waals surface area contributed by atoms with Gasteiger partial charge in [-0.05, 0) is 6.42 Å². The molecule has 0 radical (unpaired) electrons. The van der Waals surface area contributed by atoms with Gasteiger partial charge in [0.15, 0.2) is 0 Å². The Balaban J connectivity index is 1.90. The third kappa shape index (κ3) is 2.77. The summed E-state index contributed by atoms with van der Waals surface area (Å²) in [6, 6.07) is 0.304. The molecule has 0 unspecified atom stereocenters. The third-order valence-electron chi connectivity index (χ3n) is 2.43. The lowest BCUT2D eigenvalue weighted by atomic mass is 10.3. The molecule has 1 aromatic heterocycles. The zero-order chi connectivity index (χ0) is 10.7. The van der Waals surface area contributed by atoms with Gasteiger partial charge in [0, 0.05) is 19.1 Å². The van der Waals surface area contributed by atoms with Crippen molar-refractivity contribution in [3.8, 4) is 0 Å². The lowest BCUT2D eigenvalue weighted by molar-refractivity contribution is 0.131. The van der Waals surface area contributed by atoms with Crippen LogP contribution in [0, 0.1) is 0 Å². The Kier molecular flexibility index (Phi) is 3.35. The van der Waals surface area contributed by atoms with Crippen molar-refractivity contribution in [1.82, 2.24) is 14.9 Å². The molecule has 82 valence electrons. The number of aromatic nitrogens is 2. The predicted octanol–water partition coefficient (Wildman–Crippen LogP) is 0.566. The largest absolute Gasteiger partial charge is 0.381 e. The average Bonchev–Trinajstić information content (AvgIpc) is 2.69. The summed E-state index contributed by atoms with van der Waals surface area (Å²) in [4.78, 5) is 10.1. The van der Waals surface area contributed by atoms with Gasteiger partial charge in [0.25, 0.3) is 0 Å². The topological polar surface area (TPSA) is 61.3 Å². The molecule has 0 bridgehead atoms. The normalized spacial score (nSPS) is 21.9. The van der Waals surface area contributed by atoms with E-state index in [1.54, 1.807) is 12.4 Å². The van der Waals surface area contributed by atoms with Gasteiger partial charge in [-0.2, -0.15) is 0 Å². The Bertz CT molecular complexity index is 318. The van der Waals surface area contributed by atoms with Crippen LogP contribution in [0.2, 0.25) is 5.02 Å². The Morgan fingerprint density at radius 2 is 2.27 bits per heavy atom. The zero-order valence-corrected chi connectivity index (χ0v) is 8.98. The number of aliphatic hydroxyl groups is 1. The molecule has 0 aromatic carbocycles. The van der Waals surface area contributed by atoms with E-state index in [1.165, 1.54) is 0 Å². The van der Waals surface area contributed by atoms with Crippen LogP contribution < -0.4 is 5.32 Å². The van der Waals surface area contributed by atoms with Crippen molar-refractivity contribution in [2.24, 2.45) is 0 Å². The van der Waals surface area contributed by atoms with E-state index in [0.29, 0.717) is 17.0 Å². The van der Waals surface area contributed by atoms with Gasteiger partial charge in [-0.15, -0.1) is 0 Å². The lowest BCUT2D eigenvalue weighted by Gasteiger charge is -2.13. The first-order valence-electron chi connectivity index (χ1n) is 4.85. The third-order valence-corrected chi connectivity index (χ3v) is 2.62. The minimum atomic E-state index is 0.111. The van der Waals surface area contributed by atoms with Crippen LogP contribution >= 0.6 is 11.6 Å². The molecular formula is C9H13ClN4O. The van der Waals surface area contributed by atoms with Crippen molar-refractivity contribution in [1.29, 1.82) is 0 Å². The van der Waals surface area contributed by atoms with Crippen LogP contribution in [0.3, 0.4) is 0 Å². The molecule has 1 fully saturated rings. The molecule has 2 rings (SSSR count). The van der Waals surface area contributed by atoms with Gasteiger partial charge in [-0.3, -0.25) is 4.90 Å². The number of hydrogen-bond acceptors (Lipinski definition) is 5. The highest BCUT2D eigenvalue weighted by atomic mass is 35.5. The Morgan fingerprint density at radius 3 is 2.87 bits per heavy atom. The molecular weight excluding hydrogens is 216 g/mol. The summed E-state index contributed by atoms with van der Waals surface area (Å²) in [5.74, 6) is 0.587. The molecule has 0 aliphatic carbocycles. The number of halogens is 1. The quantitative estimate of drug-likeness (QED) is 0.792. The minimum absolute atomic E-state index is 0.111. The number of anilines is 1. The molecule has 1 atom stereocenters. The number of hydrogen-bond donors (Lipinski definition) is 2. The number of nitrogens with one attached hydrogen (secondary N) is 1. The van der Waals surface area contributed by atoms with Crippen molar-refractivity contribution in [3.05, 3.63) is 17.4 Å². The summed E-state index contributed by atoms with van der Waals surface area (Å²) in [5.41, 5.74) is 0. The first kappa shape index (κ1) is 10.6. The summed E-state index contributed by atoms with van der Waals surface area (Å²) < 4.78 is 0. The fraction of sp³-hybridized carbons (Fsp3) is 0.556. The van der Waals surface area contributed by atoms with Crippen LogP contribution in [0.1, 0.15) is 6.42 Å². The highest BCUT2D eigenvalue weighted by Gasteiger charge is 2.21. The van der Waals surface area contributed by atoms with E-state index in [0.717, 1.165) is 19.5 Å². The molecule has 1 aliphatic rings. The maximum atomic E-state index is 8.94. The Hall–Kier alpha value is -0.910. The first-order valence-corrected chi connectivity index (χ1v) is 5.23. The van der Waals surface area contributed by atoms with Gasteiger partial charge in [0.2, 0.25) is 5.95 Å². The molecule has 1 saturated heterocycles. The van der Waals surface area contributed by atoms with Crippen molar-refractivity contribution < 1.29 is 5.11 Å². The summed E-state index contributed by atoms with van der Waals surface area (Å²) in [7, 11) is 0. The fourth-order valence-corrected chi connectivity index (χ4v) is 1.75. The monoisotopic (exact) mass is 228 g/mol. The number of aliphatic hydroxyl groups excluding tert-OH is 1. The van der Waals surface area contributed by atoms with Gasteiger partial charge in [0.1, 0.15) is 0 Å². The van der Waals surface area contributed by atoms with Crippen LogP contribution in [-0.2, 0) is 0 Å². The van der Waals surface area contributed by atoms with Gasteiger partial charge < -0.3 is 10.4 Å². The smallest absolute Gasteiger partial charge is 0.222 e. The summed E-state index contributed by atoms with van der Waals surface area (Å²) in [6.07, 6.45) is 4.12. The number of rotatable bonds is 3.